The summed E-state index contributed by atoms with van der Waals surface area (Å²) in [6, 6.07) is 8.52. The smallest absolute Gasteiger partial charge is 0.230 e. The Morgan fingerprint density at radius 2 is 1.90 bits per heavy atom. The first-order valence-corrected chi connectivity index (χ1v) is 12.5. The van der Waals surface area contributed by atoms with Crippen molar-refractivity contribution in [2.24, 2.45) is 23.2 Å². The van der Waals surface area contributed by atoms with Crippen molar-refractivity contribution in [1.82, 2.24) is 19.9 Å². The molecule has 152 valence electrons. The van der Waals surface area contributed by atoms with Crippen LogP contribution in [0.4, 0.5) is 0 Å². The third-order valence-corrected chi connectivity index (χ3v) is 9.57. The van der Waals surface area contributed by atoms with E-state index in [-0.39, 0.29) is 11.9 Å². The van der Waals surface area contributed by atoms with Crippen molar-refractivity contribution in [3.8, 4) is 0 Å². The van der Waals surface area contributed by atoms with E-state index in [0.29, 0.717) is 11.2 Å². The molecule has 1 aromatic carbocycles. The van der Waals surface area contributed by atoms with E-state index in [1.807, 2.05) is 12.1 Å². The predicted octanol–water partition coefficient (Wildman–Crippen LogP) is 4.76. The van der Waals surface area contributed by atoms with Gasteiger partial charge in [-0.25, -0.2) is 0 Å². The zero-order valence-corrected chi connectivity index (χ0v) is 18.3. The van der Waals surface area contributed by atoms with E-state index in [1.165, 1.54) is 55.0 Å². The van der Waals surface area contributed by atoms with Gasteiger partial charge in [-0.05, 0) is 80.8 Å². The van der Waals surface area contributed by atoms with Gasteiger partial charge in [-0.2, -0.15) is 0 Å². The Bertz CT molecular complexity index is 1050. The fourth-order valence-corrected chi connectivity index (χ4v) is 8.50. The van der Waals surface area contributed by atoms with Crippen LogP contribution in [0.3, 0.4) is 0 Å². The van der Waals surface area contributed by atoms with Gasteiger partial charge in [0.15, 0.2) is 5.16 Å². The molecule has 0 aliphatic heterocycles. The molecule has 1 N–H and O–H groups in total. The van der Waals surface area contributed by atoms with Gasteiger partial charge in [0.05, 0.1) is 16.0 Å². The topological polar surface area (TPSA) is 59.3 Å². The lowest BCUT2D eigenvalue weighted by Gasteiger charge is -2.59. The first-order chi connectivity index (χ1) is 14.1. The highest BCUT2D eigenvalue weighted by atomic mass is 32.2. The molecule has 4 saturated carbocycles. The monoisotopic (exact) mass is 426 g/mol. The van der Waals surface area contributed by atoms with E-state index >= 15 is 0 Å². The van der Waals surface area contributed by atoms with Crippen LogP contribution < -0.4 is 5.32 Å². The Labute approximate surface area is 178 Å². The molecule has 5 nitrogen and oxygen atoms in total. The average molecular weight is 427 g/mol. The van der Waals surface area contributed by atoms with Crippen molar-refractivity contribution >= 4 is 44.2 Å². The third kappa shape index (κ3) is 3.00. The number of nitrogens with zero attached hydrogens (tertiary/aromatic N) is 3. The second-order valence-electron chi connectivity index (χ2n) is 9.53. The van der Waals surface area contributed by atoms with E-state index in [9.17, 15) is 4.79 Å². The number of thiazole rings is 1. The molecule has 3 aromatic rings. The quantitative estimate of drug-likeness (QED) is 0.598. The van der Waals surface area contributed by atoms with E-state index in [4.69, 9.17) is 0 Å². The van der Waals surface area contributed by atoms with Crippen LogP contribution in [0.15, 0.2) is 29.4 Å². The van der Waals surface area contributed by atoms with Gasteiger partial charge in [-0.15, -0.1) is 10.2 Å². The van der Waals surface area contributed by atoms with Gasteiger partial charge in [0, 0.05) is 6.04 Å². The molecule has 7 rings (SSSR count). The predicted molar refractivity (Wildman–Crippen MR) is 117 cm³/mol. The molecule has 0 saturated heterocycles. The van der Waals surface area contributed by atoms with Crippen molar-refractivity contribution in [1.29, 1.82) is 0 Å². The van der Waals surface area contributed by atoms with Crippen molar-refractivity contribution in [3.63, 3.8) is 0 Å². The maximum atomic E-state index is 12.8. The lowest BCUT2D eigenvalue weighted by Crippen LogP contribution is -2.56. The molecule has 4 fully saturated rings. The summed E-state index contributed by atoms with van der Waals surface area (Å²) in [4.78, 5) is 13.7. The van der Waals surface area contributed by atoms with Crippen LogP contribution in [-0.4, -0.2) is 32.3 Å². The fourth-order valence-electron chi connectivity index (χ4n) is 6.72. The molecule has 4 bridgehead atoms. The molecule has 2 aromatic heterocycles. The van der Waals surface area contributed by atoms with Gasteiger partial charge >= 0.3 is 0 Å². The number of thioether (sulfide) groups is 1. The van der Waals surface area contributed by atoms with Gasteiger partial charge in [-0.1, -0.05) is 35.2 Å². The van der Waals surface area contributed by atoms with E-state index in [2.05, 4.69) is 39.0 Å². The largest absolute Gasteiger partial charge is 0.352 e. The number of fused-ring (bicyclic) bond motifs is 3. The van der Waals surface area contributed by atoms with Crippen molar-refractivity contribution in [2.75, 3.05) is 5.75 Å². The van der Waals surface area contributed by atoms with E-state index in [0.717, 1.165) is 33.4 Å². The third-order valence-electron chi connectivity index (χ3n) is 7.63. The summed E-state index contributed by atoms with van der Waals surface area (Å²) in [5.41, 5.74) is 1.46. The Balaban J connectivity index is 1.14. The van der Waals surface area contributed by atoms with Crippen LogP contribution in [0.2, 0.25) is 0 Å². The Morgan fingerprint density at radius 1 is 1.21 bits per heavy atom. The zero-order chi connectivity index (χ0) is 19.6. The zero-order valence-electron chi connectivity index (χ0n) is 16.6. The van der Waals surface area contributed by atoms with Crippen LogP contribution in [0.1, 0.15) is 45.4 Å². The van der Waals surface area contributed by atoms with Gasteiger partial charge < -0.3 is 5.32 Å². The number of benzene rings is 1. The number of para-hydroxylation sites is 1. The minimum Gasteiger partial charge on any atom is -0.352 e. The standard InChI is InChI=1S/C22H26N4OS2/c1-13(22-9-14-6-15(10-22)8-16(7-14)11-22)23-19(27)12-28-20-24-25-21-26(20)17-4-2-3-5-18(17)29-21/h2-5,13-16H,6-12H2,1H3,(H,23,27)/t13-,14?,15?,16?,22?/m0/s1. The normalized spacial score (nSPS) is 31.6. The molecule has 7 heteroatoms. The summed E-state index contributed by atoms with van der Waals surface area (Å²) in [5.74, 6) is 3.24. The van der Waals surface area contributed by atoms with Crippen LogP contribution in [0.25, 0.3) is 15.2 Å². The molecular weight excluding hydrogens is 400 g/mol. The number of carbonyl (C=O) groups excluding carboxylic acids is 1. The molecule has 29 heavy (non-hydrogen) atoms. The van der Waals surface area contributed by atoms with Crippen LogP contribution >= 0.6 is 23.1 Å². The molecular formula is C22H26N4OS2. The summed E-state index contributed by atoms with van der Waals surface area (Å²) in [6.45, 7) is 2.25. The van der Waals surface area contributed by atoms with Gasteiger partial charge in [0.1, 0.15) is 0 Å². The summed E-state index contributed by atoms with van der Waals surface area (Å²) in [6.07, 6.45) is 8.27. The summed E-state index contributed by atoms with van der Waals surface area (Å²) >= 11 is 3.12. The van der Waals surface area contributed by atoms with Gasteiger partial charge in [-0.3, -0.25) is 9.20 Å². The Hall–Kier alpha value is -1.60. The summed E-state index contributed by atoms with van der Waals surface area (Å²) in [5, 5.41) is 12.8. The average Bonchev–Trinajstić information content (AvgIpc) is 3.24. The highest BCUT2D eigenvalue weighted by molar-refractivity contribution is 7.99. The highest BCUT2D eigenvalue weighted by Gasteiger charge is 2.53. The number of hydrogen-bond donors (Lipinski definition) is 1. The highest BCUT2D eigenvalue weighted by Crippen LogP contribution is 2.61. The van der Waals surface area contributed by atoms with Gasteiger partial charge in [0.25, 0.3) is 0 Å². The van der Waals surface area contributed by atoms with Gasteiger partial charge in [0.2, 0.25) is 10.9 Å². The number of rotatable bonds is 5. The molecule has 4 aliphatic rings. The lowest BCUT2D eigenvalue weighted by atomic mass is 9.48. The first kappa shape index (κ1) is 18.2. The second kappa shape index (κ2) is 6.71. The van der Waals surface area contributed by atoms with Crippen LogP contribution in [0.5, 0.6) is 0 Å². The molecule has 0 spiro atoms. The molecule has 1 atom stereocenters. The minimum absolute atomic E-state index is 0.120. The number of amides is 1. The van der Waals surface area contributed by atoms with Crippen molar-refractivity contribution < 1.29 is 4.79 Å². The fraction of sp³-hybridized carbons (Fsp3) is 0.591. The summed E-state index contributed by atoms with van der Waals surface area (Å²) < 4.78 is 3.26. The van der Waals surface area contributed by atoms with E-state index in [1.54, 1.807) is 11.3 Å². The molecule has 0 unspecified atom stereocenters. The number of aromatic nitrogens is 3. The SMILES string of the molecule is C[C@H](NC(=O)CSc1nnc2sc3ccccc3n12)C12CC3CC(CC(C3)C1)C2. The molecule has 2 heterocycles. The maximum Gasteiger partial charge on any atom is 0.230 e. The minimum atomic E-state index is 0.120. The summed E-state index contributed by atoms with van der Waals surface area (Å²) in [7, 11) is 0. The first-order valence-electron chi connectivity index (χ1n) is 10.7. The molecule has 4 aliphatic carbocycles. The molecule has 0 radical (unpaired) electrons. The molecule has 1 amide bonds. The van der Waals surface area contributed by atoms with E-state index < -0.39 is 0 Å². The second-order valence-corrected chi connectivity index (χ2v) is 11.5. The van der Waals surface area contributed by atoms with Crippen molar-refractivity contribution in [3.05, 3.63) is 24.3 Å². The number of carbonyl (C=O) groups is 1. The number of hydrogen-bond acceptors (Lipinski definition) is 5. The number of nitrogens with one attached hydrogen (secondary N) is 1. The van der Waals surface area contributed by atoms with Crippen LogP contribution in [-0.2, 0) is 4.79 Å². The Morgan fingerprint density at radius 3 is 2.62 bits per heavy atom. The maximum absolute atomic E-state index is 12.8. The van der Waals surface area contributed by atoms with Crippen molar-refractivity contribution in [2.45, 2.75) is 56.6 Å². The van der Waals surface area contributed by atoms with Crippen LogP contribution in [0, 0.1) is 23.2 Å². The Kier molecular flexibility index (Phi) is 4.21. The lowest BCUT2D eigenvalue weighted by molar-refractivity contribution is -0.123.